The molecule has 0 saturated carbocycles. The first-order valence-electron chi connectivity index (χ1n) is 4.99. The maximum Gasteiger partial charge on any atom is 0.341 e. The van der Waals surface area contributed by atoms with Crippen LogP contribution < -0.4 is 4.74 Å². The fourth-order valence-electron chi connectivity index (χ4n) is 1.31. The van der Waals surface area contributed by atoms with Gasteiger partial charge in [-0.05, 0) is 56.7 Å². The number of pyridine rings is 1. The largest absolute Gasteiger partial charge is 0.477 e. The zero-order valence-electron chi connectivity index (χ0n) is 9.23. The van der Waals surface area contributed by atoms with Crippen LogP contribution in [0.1, 0.15) is 10.4 Å². The lowest BCUT2D eigenvalue weighted by molar-refractivity contribution is 0.0693. The number of nitrogens with zero attached hydrogens (tertiary/aromatic N) is 1. The maximum atomic E-state index is 13.3. The molecule has 0 fully saturated rings. The normalized spacial score (nSPS) is 10.3. The fraction of sp³-hybridized carbons (Fsp3) is 0. The summed E-state index contributed by atoms with van der Waals surface area (Å²) in [5.74, 6) is -1.55. The molecule has 1 aromatic carbocycles. The standard InChI is InChI=1S/C12H6BrFINO3/c13-9-2-1-7(4-10(9)14)19-11-8(12(17)18)3-6(15)5-16-11/h1-5H,(H,17,18). The van der Waals surface area contributed by atoms with E-state index < -0.39 is 11.8 Å². The first kappa shape index (κ1) is 14.2. The molecular formula is C12H6BrFINO3. The van der Waals surface area contributed by atoms with Gasteiger partial charge in [0, 0.05) is 15.8 Å². The number of carboxylic acids is 1. The number of ether oxygens (including phenoxy) is 1. The number of halogens is 3. The van der Waals surface area contributed by atoms with E-state index in [0.29, 0.717) is 8.04 Å². The number of hydrogen-bond donors (Lipinski definition) is 1. The number of hydrogen-bond acceptors (Lipinski definition) is 3. The van der Waals surface area contributed by atoms with Crippen LogP contribution in [0.25, 0.3) is 0 Å². The average Bonchev–Trinajstić information content (AvgIpc) is 2.36. The molecular weight excluding hydrogens is 432 g/mol. The van der Waals surface area contributed by atoms with Crippen LogP contribution in [0, 0.1) is 9.39 Å². The van der Waals surface area contributed by atoms with Crippen LogP contribution >= 0.6 is 38.5 Å². The zero-order valence-corrected chi connectivity index (χ0v) is 13.0. The highest BCUT2D eigenvalue weighted by molar-refractivity contribution is 14.1. The summed E-state index contributed by atoms with van der Waals surface area (Å²) < 4.78 is 19.6. The van der Waals surface area contributed by atoms with Crippen LogP contribution in [0.4, 0.5) is 4.39 Å². The Bertz CT molecular complexity index is 651. The summed E-state index contributed by atoms with van der Waals surface area (Å²) in [6, 6.07) is 5.56. The Morgan fingerprint density at radius 1 is 1.42 bits per heavy atom. The summed E-state index contributed by atoms with van der Waals surface area (Å²) in [6.07, 6.45) is 1.47. The van der Waals surface area contributed by atoms with Crippen molar-refractivity contribution in [3.63, 3.8) is 0 Å². The highest BCUT2D eigenvalue weighted by Crippen LogP contribution is 2.27. The summed E-state index contributed by atoms with van der Waals surface area (Å²) in [7, 11) is 0. The van der Waals surface area contributed by atoms with Gasteiger partial charge < -0.3 is 9.84 Å². The molecule has 0 radical (unpaired) electrons. The Morgan fingerprint density at radius 2 is 2.16 bits per heavy atom. The van der Waals surface area contributed by atoms with Gasteiger partial charge in [0.25, 0.3) is 0 Å². The van der Waals surface area contributed by atoms with E-state index in [-0.39, 0.29) is 17.2 Å². The first-order chi connectivity index (χ1) is 8.97. The van der Waals surface area contributed by atoms with Gasteiger partial charge in [-0.25, -0.2) is 14.2 Å². The highest BCUT2D eigenvalue weighted by atomic mass is 127. The summed E-state index contributed by atoms with van der Waals surface area (Å²) in [5.41, 5.74) is -0.0739. The Labute approximate surface area is 129 Å². The molecule has 98 valence electrons. The summed E-state index contributed by atoms with van der Waals surface area (Å²) >= 11 is 4.97. The van der Waals surface area contributed by atoms with E-state index in [1.165, 1.54) is 24.4 Å². The molecule has 0 spiro atoms. The molecule has 1 N–H and O–H groups in total. The smallest absolute Gasteiger partial charge is 0.341 e. The van der Waals surface area contributed by atoms with Crippen molar-refractivity contribution in [1.29, 1.82) is 0 Å². The van der Waals surface area contributed by atoms with Gasteiger partial charge in [0.05, 0.1) is 4.47 Å². The number of rotatable bonds is 3. The van der Waals surface area contributed by atoms with Crippen molar-refractivity contribution >= 4 is 44.5 Å². The van der Waals surface area contributed by atoms with Gasteiger partial charge in [0.15, 0.2) is 0 Å². The van der Waals surface area contributed by atoms with Gasteiger partial charge in [-0.15, -0.1) is 0 Å². The molecule has 1 heterocycles. The zero-order chi connectivity index (χ0) is 14.0. The molecule has 0 unspecified atom stereocenters. The minimum atomic E-state index is -1.15. The highest BCUT2D eigenvalue weighted by Gasteiger charge is 2.15. The summed E-state index contributed by atoms with van der Waals surface area (Å²) in [5, 5.41) is 9.06. The monoisotopic (exact) mass is 437 g/mol. The molecule has 19 heavy (non-hydrogen) atoms. The van der Waals surface area contributed by atoms with Gasteiger partial charge >= 0.3 is 5.97 Å². The van der Waals surface area contributed by atoms with Crippen molar-refractivity contribution < 1.29 is 19.0 Å². The van der Waals surface area contributed by atoms with Crippen molar-refractivity contribution in [1.82, 2.24) is 4.98 Å². The van der Waals surface area contributed by atoms with Crippen LogP contribution in [-0.2, 0) is 0 Å². The lowest BCUT2D eigenvalue weighted by Gasteiger charge is -2.08. The van der Waals surface area contributed by atoms with Gasteiger partial charge in [-0.3, -0.25) is 0 Å². The van der Waals surface area contributed by atoms with E-state index in [1.54, 1.807) is 0 Å². The predicted octanol–water partition coefficient (Wildman–Crippen LogP) is 4.08. The number of benzene rings is 1. The topological polar surface area (TPSA) is 59.4 Å². The second-order valence-corrected chi connectivity index (χ2v) is 5.59. The summed E-state index contributed by atoms with van der Waals surface area (Å²) in [6.45, 7) is 0. The average molecular weight is 438 g/mol. The SMILES string of the molecule is O=C(O)c1cc(I)cnc1Oc1ccc(Br)c(F)c1. The molecule has 0 aliphatic carbocycles. The molecule has 0 aliphatic rings. The molecule has 0 amide bonds. The molecule has 0 saturated heterocycles. The Hall–Kier alpha value is -1.22. The molecule has 2 rings (SSSR count). The van der Waals surface area contributed by atoms with Crippen molar-refractivity contribution in [2.24, 2.45) is 0 Å². The van der Waals surface area contributed by atoms with E-state index >= 15 is 0 Å². The first-order valence-corrected chi connectivity index (χ1v) is 6.86. The second kappa shape index (κ2) is 5.83. The van der Waals surface area contributed by atoms with Crippen LogP contribution in [0.3, 0.4) is 0 Å². The number of carboxylic acid groups (broad SMARTS) is 1. The van der Waals surface area contributed by atoms with Crippen molar-refractivity contribution in [2.45, 2.75) is 0 Å². The Balaban J connectivity index is 2.37. The predicted molar refractivity (Wildman–Crippen MR) is 78.1 cm³/mol. The van der Waals surface area contributed by atoms with Crippen LogP contribution in [-0.4, -0.2) is 16.1 Å². The third-order valence-electron chi connectivity index (χ3n) is 2.15. The van der Waals surface area contributed by atoms with Crippen LogP contribution in [0.2, 0.25) is 0 Å². The molecule has 4 nitrogen and oxygen atoms in total. The molecule has 0 aliphatic heterocycles. The van der Waals surface area contributed by atoms with Gasteiger partial charge in [0.1, 0.15) is 17.1 Å². The van der Waals surface area contributed by atoms with Crippen molar-refractivity contribution in [3.8, 4) is 11.6 Å². The van der Waals surface area contributed by atoms with E-state index in [9.17, 15) is 9.18 Å². The van der Waals surface area contributed by atoms with Gasteiger partial charge in [-0.1, -0.05) is 0 Å². The van der Waals surface area contributed by atoms with E-state index in [4.69, 9.17) is 9.84 Å². The fourth-order valence-corrected chi connectivity index (χ4v) is 2.01. The quantitative estimate of drug-likeness (QED) is 0.735. The molecule has 1 aromatic heterocycles. The molecule has 0 bridgehead atoms. The minimum absolute atomic E-state index is 0.0739. The molecule has 7 heteroatoms. The second-order valence-electron chi connectivity index (χ2n) is 3.49. The van der Waals surface area contributed by atoms with E-state index in [1.807, 2.05) is 22.6 Å². The lowest BCUT2D eigenvalue weighted by atomic mass is 10.3. The van der Waals surface area contributed by atoms with E-state index in [2.05, 4.69) is 20.9 Å². The van der Waals surface area contributed by atoms with E-state index in [0.717, 1.165) is 6.07 Å². The van der Waals surface area contributed by atoms with Gasteiger partial charge in [-0.2, -0.15) is 0 Å². The van der Waals surface area contributed by atoms with Gasteiger partial charge in [0.2, 0.25) is 5.88 Å². The Morgan fingerprint density at radius 3 is 2.79 bits per heavy atom. The van der Waals surface area contributed by atoms with Crippen molar-refractivity contribution in [3.05, 3.63) is 49.9 Å². The maximum absolute atomic E-state index is 13.3. The van der Waals surface area contributed by atoms with Crippen LogP contribution in [0.5, 0.6) is 11.6 Å². The number of aromatic nitrogens is 1. The third kappa shape index (κ3) is 3.41. The van der Waals surface area contributed by atoms with Crippen LogP contribution in [0.15, 0.2) is 34.9 Å². The molecule has 2 aromatic rings. The number of carbonyl (C=O) groups is 1. The van der Waals surface area contributed by atoms with Crippen molar-refractivity contribution in [2.75, 3.05) is 0 Å². The summed E-state index contributed by atoms with van der Waals surface area (Å²) in [4.78, 5) is 15.0. The lowest BCUT2D eigenvalue weighted by Crippen LogP contribution is -2.02. The number of aromatic carboxylic acids is 1. The minimum Gasteiger partial charge on any atom is -0.477 e. The molecule has 0 atom stereocenters. The third-order valence-corrected chi connectivity index (χ3v) is 3.39. The Kier molecular flexibility index (Phi) is 4.35.